The lowest BCUT2D eigenvalue weighted by Gasteiger charge is -2.23. The van der Waals surface area contributed by atoms with Crippen molar-refractivity contribution in [2.24, 2.45) is 0 Å². The van der Waals surface area contributed by atoms with Gasteiger partial charge in [0.05, 0.1) is 19.2 Å². The first kappa shape index (κ1) is 17.4. The molecule has 0 radical (unpaired) electrons. The van der Waals surface area contributed by atoms with Crippen LogP contribution in [0.5, 0.6) is 5.75 Å². The van der Waals surface area contributed by atoms with Gasteiger partial charge in [0.25, 0.3) is 5.91 Å². The number of amides is 1. The lowest BCUT2D eigenvalue weighted by atomic mass is 10.1. The van der Waals surface area contributed by atoms with Crippen LogP contribution in [-0.4, -0.2) is 35.9 Å². The number of carbonyl (C=O) groups excluding carboxylic acids is 1. The topological polar surface area (TPSA) is 68.2 Å². The van der Waals surface area contributed by atoms with E-state index in [1.807, 2.05) is 10.9 Å². The Balaban J connectivity index is 1.70. The van der Waals surface area contributed by atoms with Crippen LogP contribution in [0.1, 0.15) is 47.9 Å². The number of benzene rings is 1. The molecule has 0 aliphatic carbocycles. The molecule has 0 bridgehead atoms. The zero-order valence-electron chi connectivity index (χ0n) is 14.5. The van der Waals surface area contributed by atoms with E-state index in [-0.39, 0.29) is 17.8 Å². The molecule has 2 aromatic rings. The van der Waals surface area contributed by atoms with Gasteiger partial charge in [-0.25, -0.2) is 4.39 Å². The number of aromatic nitrogens is 2. The quantitative estimate of drug-likeness (QED) is 0.873. The van der Waals surface area contributed by atoms with Gasteiger partial charge in [-0.05, 0) is 50.6 Å². The Hall–Kier alpha value is -2.41. The average molecular weight is 346 g/mol. The third kappa shape index (κ3) is 3.99. The number of ether oxygens (including phenoxy) is 1. The maximum absolute atomic E-state index is 13.5. The predicted octanol–water partition coefficient (Wildman–Crippen LogP) is 2.45. The fourth-order valence-corrected chi connectivity index (χ4v) is 3.11. The molecule has 0 spiro atoms. The molecule has 1 aliphatic heterocycles. The lowest BCUT2D eigenvalue weighted by molar-refractivity contribution is 0.0933. The minimum absolute atomic E-state index is 0.274. The van der Waals surface area contributed by atoms with E-state index in [1.54, 1.807) is 19.1 Å². The van der Waals surface area contributed by atoms with Gasteiger partial charge in [0.1, 0.15) is 17.3 Å². The summed E-state index contributed by atoms with van der Waals surface area (Å²) in [5, 5.41) is 10.6. The first-order valence-corrected chi connectivity index (χ1v) is 8.48. The van der Waals surface area contributed by atoms with Crippen molar-refractivity contribution >= 4 is 5.91 Å². The Morgan fingerprint density at radius 3 is 3.04 bits per heavy atom. The highest BCUT2D eigenvalue weighted by Crippen LogP contribution is 2.26. The third-order valence-electron chi connectivity index (χ3n) is 4.49. The zero-order valence-corrected chi connectivity index (χ0v) is 14.5. The maximum Gasteiger partial charge on any atom is 0.272 e. The second-order valence-corrected chi connectivity index (χ2v) is 6.26. The van der Waals surface area contributed by atoms with E-state index in [0.29, 0.717) is 17.0 Å². The van der Waals surface area contributed by atoms with Crippen molar-refractivity contribution in [2.75, 3.05) is 20.2 Å². The summed E-state index contributed by atoms with van der Waals surface area (Å²) in [5.74, 6) is -0.125. The van der Waals surface area contributed by atoms with Crippen LogP contribution in [0.4, 0.5) is 4.39 Å². The average Bonchev–Trinajstić information content (AvgIpc) is 3.12. The van der Waals surface area contributed by atoms with E-state index in [4.69, 9.17) is 4.74 Å². The van der Waals surface area contributed by atoms with E-state index >= 15 is 0 Å². The van der Waals surface area contributed by atoms with E-state index in [9.17, 15) is 9.18 Å². The Bertz CT molecular complexity index is 740. The number of nitrogens with zero attached hydrogens (tertiary/aromatic N) is 2. The molecular weight excluding hydrogens is 323 g/mol. The molecule has 1 aromatic heterocycles. The first-order chi connectivity index (χ1) is 12.1. The normalized spacial score (nSPS) is 18.6. The number of hydrogen-bond acceptors (Lipinski definition) is 4. The second-order valence-electron chi connectivity index (χ2n) is 6.26. The van der Waals surface area contributed by atoms with Gasteiger partial charge in [-0.3, -0.25) is 9.48 Å². The summed E-state index contributed by atoms with van der Waals surface area (Å²) >= 11 is 0. The largest absolute Gasteiger partial charge is 0.496 e. The van der Waals surface area contributed by atoms with Gasteiger partial charge in [-0.2, -0.15) is 5.10 Å². The molecule has 6 nitrogen and oxygen atoms in total. The van der Waals surface area contributed by atoms with Crippen molar-refractivity contribution in [3.8, 4) is 5.75 Å². The molecule has 1 amide bonds. The molecule has 1 aliphatic rings. The van der Waals surface area contributed by atoms with Crippen molar-refractivity contribution in [3.63, 3.8) is 0 Å². The van der Waals surface area contributed by atoms with Crippen LogP contribution in [0.2, 0.25) is 0 Å². The minimum atomic E-state index is -0.403. The van der Waals surface area contributed by atoms with Crippen molar-refractivity contribution in [1.29, 1.82) is 0 Å². The van der Waals surface area contributed by atoms with Gasteiger partial charge < -0.3 is 15.4 Å². The molecule has 7 heteroatoms. The number of nitrogens with one attached hydrogen (secondary N) is 2. The summed E-state index contributed by atoms with van der Waals surface area (Å²) in [4.78, 5) is 12.5. The lowest BCUT2D eigenvalue weighted by Crippen LogP contribution is -2.32. The predicted molar refractivity (Wildman–Crippen MR) is 92.2 cm³/mol. The number of rotatable bonds is 5. The molecule has 1 saturated heterocycles. The van der Waals surface area contributed by atoms with Crippen LogP contribution in [0, 0.1) is 5.82 Å². The summed E-state index contributed by atoms with van der Waals surface area (Å²) in [6.45, 7) is 3.68. The summed E-state index contributed by atoms with van der Waals surface area (Å²) in [6, 6.07) is 5.83. The molecular formula is C18H23FN4O2. The molecule has 3 rings (SSSR count). The fourth-order valence-electron chi connectivity index (χ4n) is 3.11. The number of carbonyl (C=O) groups is 1. The van der Waals surface area contributed by atoms with Gasteiger partial charge in [-0.15, -0.1) is 0 Å². The van der Waals surface area contributed by atoms with Crippen LogP contribution in [0.25, 0.3) is 0 Å². The molecule has 1 aromatic carbocycles. The monoisotopic (exact) mass is 346 g/mol. The summed E-state index contributed by atoms with van der Waals surface area (Å²) in [7, 11) is 1.52. The van der Waals surface area contributed by atoms with Crippen LogP contribution < -0.4 is 15.4 Å². The van der Waals surface area contributed by atoms with Gasteiger partial charge >= 0.3 is 0 Å². The molecule has 134 valence electrons. The molecule has 2 N–H and O–H groups in total. The zero-order chi connectivity index (χ0) is 17.8. The first-order valence-electron chi connectivity index (χ1n) is 8.48. The van der Waals surface area contributed by atoms with Crippen molar-refractivity contribution in [1.82, 2.24) is 20.4 Å². The Morgan fingerprint density at radius 2 is 2.32 bits per heavy atom. The molecule has 2 unspecified atom stereocenters. The van der Waals surface area contributed by atoms with Gasteiger partial charge in [-0.1, -0.05) is 0 Å². The smallest absolute Gasteiger partial charge is 0.272 e. The van der Waals surface area contributed by atoms with Crippen molar-refractivity contribution < 1.29 is 13.9 Å². The van der Waals surface area contributed by atoms with E-state index in [0.717, 1.165) is 25.9 Å². The van der Waals surface area contributed by atoms with E-state index < -0.39 is 6.04 Å². The molecule has 2 heterocycles. The van der Waals surface area contributed by atoms with Crippen LogP contribution in [0.15, 0.2) is 30.5 Å². The molecule has 2 atom stereocenters. The third-order valence-corrected chi connectivity index (χ3v) is 4.49. The van der Waals surface area contributed by atoms with Crippen LogP contribution in [-0.2, 0) is 0 Å². The number of halogens is 1. The SMILES string of the molecule is COc1ccc(F)cc1C(C)NC(=O)c1ccn(C2CCCNC2)n1. The molecule has 1 fully saturated rings. The number of hydrogen-bond donors (Lipinski definition) is 2. The molecule has 0 saturated carbocycles. The van der Waals surface area contributed by atoms with Crippen molar-refractivity contribution in [3.05, 3.63) is 47.5 Å². The van der Waals surface area contributed by atoms with Gasteiger partial charge in [0.2, 0.25) is 0 Å². The highest BCUT2D eigenvalue weighted by Gasteiger charge is 2.20. The van der Waals surface area contributed by atoms with Crippen LogP contribution >= 0.6 is 0 Å². The summed E-state index contributed by atoms with van der Waals surface area (Å²) in [5.41, 5.74) is 0.944. The van der Waals surface area contributed by atoms with Gasteiger partial charge in [0, 0.05) is 18.3 Å². The minimum Gasteiger partial charge on any atom is -0.496 e. The van der Waals surface area contributed by atoms with E-state index in [1.165, 1.54) is 19.2 Å². The number of piperidine rings is 1. The second kappa shape index (κ2) is 7.65. The number of methoxy groups -OCH3 is 1. The van der Waals surface area contributed by atoms with Crippen molar-refractivity contribution in [2.45, 2.75) is 31.8 Å². The molecule has 25 heavy (non-hydrogen) atoms. The standard InChI is InChI=1S/C18H23FN4O2/c1-12(15-10-13(19)5-6-17(15)25-2)21-18(24)16-7-9-23(22-16)14-4-3-8-20-11-14/h5-7,9-10,12,14,20H,3-4,8,11H2,1-2H3,(H,21,24). The van der Waals surface area contributed by atoms with E-state index in [2.05, 4.69) is 15.7 Å². The summed E-state index contributed by atoms with van der Waals surface area (Å²) < 4.78 is 20.6. The Morgan fingerprint density at radius 1 is 1.48 bits per heavy atom. The van der Waals surface area contributed by atoms with Gasteiger partial charge in [0.15, 0.2) is 0 Å². The summed E-state index contributed by atoms with van der Waals surface area (Å²) in [6.07, 6.45) is 3.98. The maximum atomic E-state index is 13.5. The fraction of sp³-hybridized carbons (Fsp3) is 0.444. The van der Waals surface area contributed by atoms with Crippen LogP contribution in [0.3, 0.4) is 0 Å². The highest BCUT2D eigenvalue weighted by atomic mass is 19.1. The highest BCUT2D eigenvalue weighted by molar-refractivity contribution is 5.92. The Labute approximate surface area is 146 Å². The Kier molecular flexibility index (Phi) is 5.33.